The van der Waals surface area contributed by atoms with E-state index < -0.39 is 31.3 Å². The fourth-order valence-electron chi connectivity index (χ4n) is 4.22. The van der Waals surface area contributed by atoms with Crippen LogP contribution in [0.1, 0.15) is 36.0 Å². The zero-order valence-electron chi connectivity index (χ0n) is 16.9. The molecule has 158 valence electrons. The minimum Gasteiger partial charge on any atom is -0.388 e. The third kappa shape index (κ3) is 3.26. The molecule has 30 heavy (non-hydrogen) atoms. The number of ether oxygens (including phenoxy) is 1. The van der Waals surface area contributed by atoms with Gasteiger partial charge in [-0.1, -0.05) is 36.4 Å². The van der Waals surface area contributed by atoms with Gasteiger partial charge in [0.15, 0.2) is 0 Å². The van der Waals surface area contributed by atoms with Gasteiger partial charge in [0.2, 0.25) is 5.91 Å². The van der Waals surface area contributed by atoms with Crippen LogP contribution in [0.5, 0.6) is 0 Å². The molecule has 1 amide bonds. The Hall–Kier alpha value is -2.84. The summed E-state index contributed by atoms with van der Waals surface area (Å²) in [7, 11) is 1.87. The van der Waals surface area contributed by atoms with Gasteiger partial charge in [-0.25, -0.2) is 13.8 Å². The second-order valence-electron chi connectivity index (χ2n) is 7.47. The number of aliphatic hydroxyl groups is 1. The number of aromatic nitrogens is 2. The Labute approximate surface area is 172 Å². The third-order valence-corrected chi connectivity index (χ3v) is 5.62. The lowest BCUT2D eigenvalue weighted by Gasteiger charge is -2.44. The zero-order chi connectivity index (χ0) is 21.6. The number of carbonyl (C=O) groups excluding carboxylic acids is 1. The Morgan fingerprint density at radius 1 is 1.23 bits per heavy atom. The average Bonchev–Trinajstić information content (AvgIpc) is 3.00. The molecular weight excluding hydrogens is 392 g/mol. The van der Waals surface area contributed by atoms with Gasteiger partial charge < -0.3 is 14.4 Å². The summed E-state index contributed by atoms with van der Waals surface area (Å²) in [6.45, 7) is 2.45. The molecule has 0 saturated heterocycles. The van der Waals surface area contributed by atoms with Crippen LogP contribution in [0, 0.1) is 6.92 Å². The largest absolute Gasteiger partial charge is 0.388 e. The Morgan fingerprint density at radius 3 is 2.57 bits per heavy atom. The molecule has 0 saturated carbocycles. The Bertz CT molecular complexity index is 1080. The SMILES string of the molecule is CC(=O)N1c2c(ccc3c2nc(C)n3C)[C@@H](OCC(F)F)[C@H](O)[C@H]1c1ccccc1. The Balaban J connectivity index is 1.99. The van der Waals surface area contributed by atoms with Crippen molar-refractivity contribution in [3.05, 3.63) is 59.4 Å². The van der Waals surface area contributed by atoms with Crippen LogP contribution in [0.4, 0.5) is 14.5 Å². The molecule has 0 fully saturated rings. The first kappa shape index (κ1) is 20.4. The molecule has 1 aromatic heterocycles. The standard InChI is InChI=1S/C22H23F2N3O3/c1-12-25-18-16(26(12)3)10-9-15-20(18)27(13(2)28)19(14-7-5-4-6-8-14)21(29)22(15)30-11-17(23)24/h4-10,17,19,21-22,29H,11H2,1-3H3/t19-,21-,22-/m1/s1. The summed E-state index contributed by atoms with van der Waals surface area (Å²) >= 11 is 0. The van der Waals surface area contributed by atoms with Gasteiger partial charge in [0.25, 0.3) is 6.43 Å². The molecule has 0 aliphatic carbocycles. The minimum absolute atomic E-state index is 0.285. The molecule has 4 rings (SSSR count). The van der Waals surface area contributed by atoms with Crippen LogP contribution >= 0.6 is 0 Å². The molecule has 1 aliphatic heterocycles. The maximum Gasteiger partial charge on any atom is 0.261 e. The van der Waals surface area contributed by atoms with E-state index in [1.165, 1.54) is 11.8 Å². The summed E-state index contributed by atoms with van der Waals surface area (Å²) in [5.74, 6) is 0.460. The van der Waals surface area contributed by atoms with Crippen LogP contribution in [0.3, 0.4) is 0 Å². The van der Waals surface area contributed by atoms with Crippen LogP contribution in [0.2, 0.25) is 0 Å². The number of alkyl halides is 2. The second kappa shape index (κ2) is 7.77. The number of halogens is 2. The van der Waals surface area contributed by atoms with Crippen LogP contribution in [0.15, 0.2) is 42.5 Å². The van der Waals surface area contributed by atoms with Gasteiger partial charge in [0.05, 0.1) is 17.2 Å². The number of hydrogen-bond donors (Lipinski definition) is 1. The van der Waals surface area contributed by atoms with E-state index in [0.717, 1.165) is 11.3 Å². The molecule has 0 radical (unpaired) electrons. The quantitative estimate of drug-likeness (QED) is 0.706. The first-order valence-corrected chi connectivity index (χ1v) is 9.69. The highest BCUT2D eigenvalue weighted by atomic mass is 19.3. The molecule has 2 heterocycles. The number of nitrogens with zero attached hydrogens (tertiary/aromatic N) is 3. The second-order valence-corrected chi connectivity index (χ2v) is 7.47. The summed E-state index contributed by atoms with van der Waals surface area (Å²) in [6.07, 6.45) is -4.94. The number of fused-ring (bicyclic) bond motifs is 3. The monoisotopic (exact) mass is 415 g/mol. The summed E-state index contributed by atoms with van der Waals surface area (Å²) in [5.41, 5.74) is 3.01. The number of hydrogen-bond acceptors (Lipinski definition) is 4. The summed E-state index contributed by atoms with van der Waals surface area (Å²) in [6, 6.07) is 11.7. The fraction of sp³-hybridized carbons (Fsp3) is 0.364. The van der Waals surface area contributed by atoms with E-state index in [2.05, 4.69) is 4.98 Å². The number of imidazole rings is 1. The number of carbonyl (C=O) groups is 1. The number of benzene rings is 2. The lowest BCUT2D eigenvalue weighted by Crippen LogP contribution is -2.47. The summed E-state index contributed by atoms with van der Waals surface area (Å²) < 4.78 is 33.3. The van der Waals surface area contributed by atoms with Gasteiger partial charge in [-0.2, -0.15) is 0 Å². The molecule has 6 nitrogen and oxygen atoms in total. The molecule has 1 aliphatic rings. The van der Waals surface area contributed by atoms with Gasteiger partial charge in [0, 0.05) is 19.5 Å². The molecule has 0 spiro atoms. The van der Waals surface area contributed by atoms with E-state index >= 15 is 0 Å². The van der Waals surface area contributed by atoms with Crippen molar-refractivity contribution in [2.24, 2.45) is 7.05 Å². The molecule has 0 bridgehead atoms. The van der Waals surface area contributed by atoms with Gasteiger partial charge in [0.1, 0.15) is 30.2 Å². The third-order valence-electron chi connectivity index (χ3n) is 5.62. The van der Waals surface area contributed by atoms with Crippen molar-refractivity contribution in [1.82, 2.24) is 9.55 Å². The van der Waals surface area contributed by atoms with Crippen molar-refractivity contribution in [2.75, 3.05) is 11.5 Å². The van der Waals surface area contributed by atoms with Crippen molar-refractivity contribution in [1.29, 1.82) is 0 Å². The molecule has 2 aromatic carbocycles. The Kier molecular flexibility index (Phi) is 5.29. The van der Waals surface area contributed by atoms with Crippen LogP contribution in [-0.4, -0.2) is 39.7 Å². The van der Waals surface area contributed by atoms with Gasteiger partial charge in [-0.3, -0.25) is 9.69 Å². The van der Waals surface area contributed by atoms with Gasteiger partial charge in [-0.15, -0.1) is 0 Å². The van der Waals surface area contributed by atoms with E-state index in [1.54, 1.807) is 36.4 Å². The van der Waals surface area contributed by atoms with Crippen LogP contribution in [-0.2, 0) is 16.6 Å². The highest BCUT2D eigenvalue weighted by Crippen LogP contribution is 2.48. The number of aliphatic hydroxyl groups excluding tert-OH is 1. The van der Waals surface area contributed by atoms with E-state index in [9.17, 15) is 18.7 Å². The fourth-order valence-corrected chi connectivity index (χ4v) is 4.22. The summed E-state index contributed by atoms with van der Waals surface area (Å²) in [5, 5.41) is 11.2. The maximum absolute atomic E-state index is 12.9. The van der Waals surface area contributed by atoms with Crippen LogP contribution in [0.25, 0.3) is 11.0 Å². The Morgan fingerprint density at radius 2 is 1.93 bits per heavy atom. The van der Waals surface area contributed by atoms with E-state index in [-0.39, 0.29) is 5.91 Å². The predicted octanol–water partition coefficient (Wildman–Crippen LogP) is 3.67. The lowest BCUT2D eigenvalue weighted by molar-refractivity contribution is -0.121. The van der Waals surface area contributed by atoms with Crippen LogP contribution < -0.4 is 4.90 Å². The maximum atomic E-state index is 12.9. The molecule has 3 atom stereocenters. The molecule has 1 N–H and O–H groups in total. The highest BCUT2D eigenvalue weighted by molar-refractivity contribution is 6.03. The van der Waals surface area contributed by atoms with Crippen molar-refractivity contribution >= 4 is 22.6 Å². The van der Waals surface area contributed by atoms with Gasteiger partial charge in [-0.05, 0) is 18.6 Å². The van der Waals surface area contributed by atoms with E-state index in [1.807, 2.05) is 24.6 Å². The summed E-state index contributed by atoms with van der Waals surface area (Å²) in [4.78, 5) is 18.9. The van der Waals surface area contributed by atoms with E-state index in [4.69, 9.17) is 4.74 Å². The van der Waals surface area contributed by atoms with E-state index in [0.29, 0.717) is 22.3 Å². The highest BCUT2D eigenvalue weighted by Gasteiger charge is 2.45. The lowest BCUT2D eigenvalue weighted by atomic mass is 9.86. The normalized spacial score (nSPS) is 21.3. The zero-order valence-corrected chi connectivity index (χ0v) is 16.9. The first-order chi connectivity index (χ1) is 14.3. The molecule has 8 heteroatoms. The van der Waals surface area contributed by atoms with Crippen molar-refractivity contribution in [3.8, 4) is 0 Å². The van der Waals surface area contributed by atoms with Gasteiger partial charge >= 0.3 is 0 Å². The molecule has 0 unspecified atom stereocenters. The first-order valence-electron chi connectivity index (χ1n) is 9.69. The average molecular weight is 415 g/mol. The smallest absolute Gasteiger partial charge is 0.261 e. The van der Waals surface area contributed by atoms with Crippen molar-refractivity contribution in [2.45, 2.75) is 38.5 Å². The van der Waals surface area contributed by atoms with Crippen molar-refractivity contribution < 1.29 is 23.4 Å². The number of amides is 1. The number of anilines is 1. The number of aryl methyl sites for hydroxylation is 2. The predicted molar refractivity (Wildman–Crippen MR) is 108 cm³/mol. The minimum atomic E-state index is -2.68. The molecular formula is C22H23F2N3O3. The molecule has 3 aromatic rings. The number of rotatable bonds is 4. The topological polar surface area (TPSA) is 67.6 Å². The van der Waals surface area contributed by atoms with Crippen molar-refractivity contribution in [3.63, 3.8) is 0 Å².